The molecule has 184 valence electrons. The lowest BCUT2D eigenvalue weighted by Crippen LogP contribution is -2.57. The van der Waals surface area contributed by atoms with Crippen LogP contribution in [0.4, 0.5) is 0 Å². The molecule has 0 aliphatic rings. The minimum Gasteiger partial charge on any atom is -0.372 e. The third kappa shape index (κ3) is 13.4. The SMILES string of the molecule is C=CN(CCNCCC[Si](OC(C)(C)C)(OC(C)(C)C)OC(C)(C)C)Cc1ccccc1. The van der Waals surface area contributed by atoms with Crippen molar-refractivity contribution in [3.63, 3.8) is 0 Å². The molecule has 0 atom stereocenters. The quantitative estimate of drug-likeness (QED) is 0.287. The van der Waals surface area contributed by atoms with Crippen LogP contribution in [0, 0.1) is 0 Å². The fourth-order valence-corrected chi connectivity index (χ4v) is 7.29. The highest BCUT2D eigenvalue weighted by atomic mass is 28.4. The van der Waals surface area contributed by atoms with Gasteiger partial charge in [0, 0.05) is 25.7 Å². The van der Waals surface area contributed by atoms with Gasteiger partial charge in [0.15, 0.2) is 0 Å². The number of nitrogens with zero attached hydrogens (tertiary/aromatic N) is 1. The summed E-state index contributed by atoms with van der Waals surface area (Å²) in [4.78, 5) is 2.23. The number of hydrogen-bond donors (Lipinski definition) is 1. The first-order valence-corrected chi connectivity index (χ1v) is 13.8. The summed E-state index contributed by atoms with van der Waals surface area (Å²) in [6.45, 7) is 26.2. The Morgan fingerprint density at radius 2 is 1.34 bits per heavy atom. The maximum atomic E-state index is 6.55. The second-order valence-electron chi connectivity index (χ2n) is 11.3. The molecule has 0 unspecified atom stereocenters. The van der Waals surface area contributed by atoms with E-state index < -0.39 is 8.80 Å². The van der Waals surface area contributed by atoms with Crippen LogP contribution in [0.25, 0.3) is 0 Å². The standard InChI is InChI=1S/C26H48N2O3Si/c1-11-28(22-23-16-13-12-14-17-23)20-19-27-18-15-21-32(29-24(2,3)4,30-25(5,6)7)31-26(8,9)10/h11-14,16-17,27H,1,15,18-22H2,2-10H3. The van der Waals surface area contributed by atoms with Crippen molar-refractivity contribution < 1.29 is 13.3 Å². The second-order valence-corrected chi connectivity index (χ2v) is 13.8. The molecule has 0 aromatic heterocycles. The molecule has 1 rings (SSSR count). The van der Waals surface area contributed by atoms with Crippen molar-refractivity contribution in [3.05, 3.63) is 48.7 Å². The average Bonchev–Trinajstić information content (AvgIpc) is 2.59. The van der Waals surface area contributed by atoms with E-state index in [0.29, 0.717) is 0 Å². The first-order valence-electron chi connectivity index (χ1n) is 11.8. The topological polar surface area (TPSA) is 43.0 Å². The predicted molar refractivity (Wildman–Crippen MR) is 138 cm³/mol. The average molecular weight is 465 g/mol. The summed E-state index contributed by atoms with van der Waals surface area (Å²) in [5.74, 6) is 0. The molecule has 32 heavy (non-hydrogen) atoms. The minimum absolute atomic E-state index is 0.335. The van der Waals surface area contributed by atoms with Crippen LogP contribution >= 0.6 is 0 Å². The van der Waals surface area contributed by atoms with Gasteiger partial charge in [-0.15, -0.1) is 0 Å². The van der Waals surface area contributed by atoms with Gasteiger partial charge in [0.05, 0.1) is 16.8 Å². The van der Waals surface area contributed by atoms with Gasteiger partial charge in [0.1, 0.15) is 0 Å². The zero-order valence-electron chi connectivity index (χ0n) is 22.1. The van der Waals surface area contributed by atoms with Gasteiger partial charge in [-0.3, -0.25) is 0 Å². The predicted octanol–water partition coefficient (Wildman–Crippen LogP) is 6.00. The Kier molecular flexibility index (Phi) is 11.1. The maximum Gasteiger partial charge on any atom is 0.502 e. The van der Waals surface area contributed by atoms with E-state index in [-0.39, 0.29) is 16.8 Å². The van der Waals surface area contributed by atoms with Gasteiger partial charge >= 0.3 is 8.80 Å². The van der Waals surface area contributed by atoms with Gasteiger partial charge in [0.2, 0.25) is 0 Å². The van der Waals surface area contributed by atoms with Gasteiger partial charge in [0.25, 0.3) is 0 Å². The van der Waals surface area contributed by atoms with E-state index in [1.807, 2.05) is 12.3 Å². The molecule has 0 spiro atoms. The van der Waals surface area contributed by atoms with Crippen molar-refractivity contribution in [2.24, 2.45) is 0 Å². The van der Waals surface area contributed by atoms with Crippen molar-refractivity contribution in [1.29, 1.82) is 0 Å². The van der Waals surface area contributed by atoms with Crippen LogP contribution < -0.4 is 5.32 Å². The molecule has 0 fully saturated rings. The summed E-state index contributed by atoms with van der Waals surface area (Å²) in [5.41, 5.74) is 0.287. The molecule has 0 aliphatic carbocycles. The van der Waals surface area contributed by atoms with Crippen LogP contribution in [-0.2, 0) is 19.8 Å². The van der Waals surface area contributed by atoms with Gasteiger partial charge in [-0.2, -0.15) is 0 Å². The van der Waals surface area contributed by atoms with E-state index >= 15 is 0 Å². The molecule has 5 nitrogen and oxygen atoms in total. The molecular formula is C26H48N2O3Si. The number of nitrogens with one attached hydrogen (secondary N) is 1. The smallest absolute Gasteiger partial charge is 0.372 e. The molecule has 1 N–H and O–H groups in total. The second kappa shape index (κ2) is 12.3. The van der Waals surface area contributed by atoms with Gasteiger partial charge in [-0.05, 0) is 87.0 Å². The molecule has 0 bridgehead atoms. The summed E-state index contributed by atoms with van der Waals surface area (Å²) in [7, 11) is -2.91. The number of rotatable bonds is 13. The molecule has 1 aromatic carbocycles. The molecule has 6 heteroatoms. The van der Waals surface area contributed by atoms with Crippen LogP contribution in [0.2, 0.25) is 6.04 Å². The summed E-state index contributed by atoms with van der Waals surface area (Å²) in [6.07, 6.45) is 2.85. The van der Waals surface area contributed by atoms with Gasteiger partial charge in [-0.25, -0.2) is 0 Å². The molecule has 0 amide bonds. The Hall–Kier alpha value is -1.18. The Labute approximate surface area is 198 Å². The fraction of sp³-hybridized carbons (Fsp3) is 0.692. The lowest BCUT2D eigenvalue weighted by atomic mass is 10.2. The van der Waals surface area contributed by atoms with Gasteiger partial charge < -0.3 is 23.5 Å². The first kappa shape index (κ1) is 28.8. The largest absolute Gasteiger partial charge is 0.502 e. The fourth-order valence-electron chi connectivity index (χ4n) is 3.45. The Morgan fingerprint density at radius 3 is 1.78 bits per heavy atom. The maximum absolute atomic E-state index is 6.55. The lowest BCUT2D eigenvalue weighted by Gasteiger charge is -2.43. The van der Waals surface area contributed by atoms with E-state index in [1.54, 1.807) is 0 Å². The molecule has 0 aliphatic heterocycles. The van der Waals surface area contributed by atoms with E-state index in [9.17, 15) is 0 Å². The van der Waals surface area contributed by atoms with E-state index in [4.69, 9.17) is 13.3 Å². The third-order valence-electron chi connectivity index (χ3n) is 4.28. The molecule has 0 heterocycles. The molecule has 0 radical (unpaired) electrons. The Morgan fingerprint density at radius 1 is 0.844 bits per heavy atom. The third-order valence-corrected chi connectivity index (χ3v) is 8.02. The number of hydrogen-bond acceptors (Lipinski definition) is 5. The van der Waals surface area contributed by atoms with Crippen molar-refractivity contribution in [2.45, 2.75) is 98.1 Å². The lowest BCUT2D eigenvalue weighted by molar-refractivity contribution is -0.0754. The van der Waals surface area contributed by atoms with Crippen molar-refractivity contribution in [1.82, 2.24) is 10.2 Å². The highest BCUT2D eigenvalue weighted by Crippen LogP contribution is 2.32. The van der Waals surface area contributed by atoms with E-state index in [2.05, 4.69) is 103 Å². The van der Waals surface area contributed by atoms with Crippen LogP contribution in [0.3, 0.4) is 0 Å². The first-order chi connectivity index (χ1) is 14.6. The molecule has 0 saturated heterocycles. The summed E-state index contributed by atoms with van der Waals surface area (Å²) in [5, 5.41) is 3.56. The van der Waals surface area contributed by atoms with Gasteiger partial charge in [-0.1, -0.05) is 36.9 Å². The van der Waals surface area contributed by atoms with Crippen LogP contribution in [0.5, 0.6) is 0 Å². The minimum atomic E-state index is -2.91. The summed E-state index contributed by atoms with van der Waals surface area (Å²) in [6, 6.07) is 11.3. The molecule has 0 saturated carbocycles. The van der Waals surface area contributed by atoms with E-state index in [1.165, 1.54) is 5.56 Å². The highest BCUT2D eigenvalue weighted by molar-refractivity contribution is 6.61. The van der Waals surface area contributed by atoms with Crippen molar-refractivity contribution >= 4 is 8.80 Å². The van der Waals surface area contributed by atoms with Crippen molar-refractivity contribution in [3.8, 4) is 0 Å². The Bertz CT molecular complexity index is 620. The summed E-state index contributed by atoms with van der Waals surface area (Å²) < 4.78 is 19.7. The number of benzene rings is 1. The van der Waals surface area contributed by atoms with E-state index in [0.717, 1.165) is 38.6 Å². The Balaban J connectivity index is 2.63. The van der Waals surface area contributed by atoms with Crippen LogP contribution in [-0.4, -0.2) is 50.1 Å². The normalized spacial score (nSPS) is 13.3. The monoisotopic (exact) mass is 464 g/mol. The highest BCUT2D eigenvalue weighted by Gasteiger charge is 2.49. The van der Waals surface area contributed by atoms with Crippen LogP contribution in [0.1, 0.15) is 74.3 Å². The van der Waals surface area contributed by atoms with Crippen LogP contribution in [0.15, 0.2) is 43.1 Å². The molecule has 1 aromatic rings. The summed E-state index contributed by atoms with van der Waals surface area (Å²) >= 11 is 0. The van der Waals surface area contributed by atoms with Crippen molar-refractivity contribution in [2.75, 3.05) is 19.6 Å². The molecular weight excluding hydrogens is 416 g/mol. The zero-order valence-corrected chi connectivity index (χ0v) is 23.1. The zero-order chi connectivity index (χ0) is 24.5.